The first-order chi connectivity index (χ1) is 38.8. The van der Waals surface area contributed by atoms with Crippen LogP contribution in [0.4, 0.5) is 0 Å². The van der Waals surface area contributed by atoms with Gasteiger partial charge in [0.15, 0.2) is 0 Å². The quantitative estimate of drug-likeness (QED) is 0.134. The second kappa shape index (κ2) is 20.6. The Morgan fingerprint density at radius 1 is 0.987 bits per heavy atom. The van der Waals surface area contributed by atoms with Gasteiger partial charge >= 0.3 is 5.97 Å². The van der Waals surface area contributed by atoms with Crippen molar-refractivity contribution in [1.82, 2.24) is 40.1 Å². The number of hydrazine groups is 1. The molecule has 14 rings (SSSR count). The first-order valence-electron chi connectivity index (χ1n) is 30.4. The van der Waals surface area contributed by atoms with E-state index in [2.05, 4.69) is 76.3 Å². The number of piperidine rings is 1. The monoisotopic (exact) mass is 1090 g/mol. The lowest BCUT2D eigenvalue weighted by Crippen LogP contribution is -2.70. The number of hydrogen-bond acceptors (Lipinski definition) is 15. The van der Waals surface area contributed by atoms with Crippen molar-refractivity contribution in [3.05, 3.63) is 57.7 Å². The lowest BCUT2D eigenvalue weighted by Gasteiger charge is -2.58. The van der Waals surface area contributed by atoms with Crippen molar-refractivity contribution in [2.75, 3.05) is 79.5 Å². The lowest BCUT2D eigenvalue weighted by molar-refractivity contribution is -0.203. The Kier molecular flexibility index (Phi) is 13.0. The van der Waals surface area contributed by atoms with E-state index >= 15 is 4.79 Å². The maximum Gasteiger partial charge on any atom is 0.324 e. The summed E-state index contributed by atoms with van der Waals surface area (Å²) < 4.78 is 64.2. The summed E-state index contributed by atoms with van der Waals surface area (Å²) >= 11 is 1.45. The number of benzene rings is 1. The molecule has 5 atom stereocenters. The van der Waals surface area contributed by atoms with Crippen LogP contribution in [0.25, 0.3) is 33.4 Å². The van der Waals surface area contributed by atoms with Gasteiger partial charge in [0.25, 0.3) is 11.8 Å². The average molecular weight is 1090 g/mol. The molecule has 10 aliphatic rings. The van der Waals surface area contributed by atoms with Gasteiger partial charge in [0.05, 0.1) is 67.9 Å². The molecule has 78 heavy (non-hydrogen) atoms. The zero-order valence-corrected chi connectivity index (χ0v) is 46.9. The number of aromatic nitrogens is 3. The van der Waals surface area contributed by atoms with Gasteiger partial charge in [-0.25, -0.2) is 10.4 Å². The Bertz CT molecular complexity index is 3040. The number of fused-ring (bicyclic) bond motifs is 7. The fraction of sp³-hybridized carbons (Fsp3) is 0.683. The largest absolute Gasteiger partial charge is 0.464 e. The molecule has 11 heterocycles. The third-order valence-electron chi connectivity index (χ3n) is 19.0. The first-order valence-corrected chi connectivity index (χ1v) is 29.8. The standard InChI is InChI=1S/C60H80N8O9S/c1-36(72-6)49-44(25-40(27-61-49)38-13-18-65(19-14-38)41-10-11-41)51-45-26-57(3,4)33-76-55(70)46-8-7-17-68(64-46)54(69)50(63-56(71)60-29-58(5,30-60)37(2)77-60)52(66-31-59(32-66)34-74-35-59)53-62-47(28-78-53)39-9-12-48(43(45)24-39)67(51)20-23-75-42-15-21-73-22-16-42/h9,12,24-25,27-28,36-38,41-42,46,50,52,64H,7-8,10-11,13-23,26,29-35H2,1-6H3,(H,63,71)/t36-,37+,46-,50-,52-,58?,60?/m0/s1/i2D3. The van der Waals surface area contributed by atoms with Crippen LogP contribution in [0.1, 0.15) is 143 Å². The van der Waals surface area contributed by atoms with E-state index in [-0.39, 0.29) is 43.6 Å². The molecule has 420 valence electrons. The summed E-state index contributed by atoms with van der Waals surface area (Å²) in [7, 11) is 1.74. The predicted molar refractivity (Wildman–Crippen MR) is 294 cm³/mol. The van der Waals surface area contributed by atoms with Crippen LogP contribution in [0.5, 0.6) is 0 Å². The molecule has 1 aromatic carbocycles. The zero-order chi connectivity index (χ0) is 56.2. The molecule has 0 radical (unpaired) electrons. The molecule has 17 nitrogen and oxygen atoms in total. The molecule has 3 aromatic heterocycles. The Labute approximate surface area is 466 Å². The van der Waals surface area contributed by atoms with Crippen molar-refractivity contribution in [3.8, 4) is 22.5 Å². The molecule has 9 fully saturated rings. The number of ether oxygens (including phenoxy) is 6. The van der Waals surface area contributed by atoms with Gasteiger partial charge < -0.3 is 43.2 Å². The highest BCUT2D eigenvalue weighted by molar-refractivity contribution is 7.10. The normalized spacial score (nSPS) is 31.8. The molecule has 2 N–H and O–H groups in total. The van der Waals surface area contributed by atoms with E-state index in [0.717, 1.165) is 89.5 Å². The van der Waals surface area contributed by atoms with E-state index in [4.69, 9.17) is 42.5 Å². The minimum absolute atomic E-state index is 0.0720. The number of methoxy groups -OCH3 is 1. The molecule has 8 aliphatic heterocycles. The molecular weight excluding hydrogens is 1010 g/mol. The fourth-order valence-electron chi connectivity index (χ4n) is 14.3. The predicted octanol–water partition coefficient (Wildman–Crippen LogP) is 7.51. The smallest absolute Gasteiger partial charge is 0.324 e. The molecule has 7 saturated heterocycles. The number of rotatable bonds is 12. The molecule has 8 bridgehead atoms. The number of hydrogen-bond donors (Lipinski definition) is 2. The van der Waals surface area contributed by atoms with Gasteiger partial charge in [-0.3, -0.25) is 29.3 Å². The van der Waals surface area contributed by atoms with Gasteiger partial charge in [-0.2, -0.15) is 0 Å². The lowest BCUT2D eigenvalue weighted by atomic mass is 9.61. The second-order valence-corrected chi connectivity index (χ2v) is 26.5. The van der Waals surface area contributed by atoms with Crippen molar-refractivity contribution >= 4 is 40.0 Å². The Morgan fingerprint density at radius 2 is 1.78 bits per heavy atom. The second-order valence-electron chi connectivity index (χ2n) is 25.6. The van der Waals surface area contributed by atoms with E-state index in [9.17, 15) is 9.59 Å². The number of thiazole rings is 1. The van der Waals surface area contributed by atoms with Crippen LogP contribution in [0.3, 0.4) is 0 Å². The number of likely N-dealkylation sites (tertiary alicyclic amines) is 2. The van der Waals surface area contributed by atoms with Crippen LogP contribution in [0.15, 0.2) is 35.8 Å². The van der Waals surface area contributed by atoms with Crippen molar-refractivity contribution in [2.45, 2.75) is 166 Å². The molecule has 2 amide bonds. The summed E-state index contributed by atoms with van der Waals surface area (Å²) in [6.07, 6.45) is 9.16. The number of carbonyl (C=O) groups excluding carboxylic acids is 3. The average Bonchev–Trinajstić information content (AvgIpc) is 3.13. The summed E-state index contributed by atoms with van der Waals surface area (Å²) in [6, 6.07) is 6.94. The van der Waals surface area contributed by atoms with E-state index in [1.165, 1.54) is 34.8 Å². The Hall–Kier alpha value is -4.37. The van der Waals surface area contributed by atoms with Crippen molar-refractivity contribution in [2.24, 2.45) is 16.2 Å². The van der Waals surface area contributed by atoms with Crippen LogP contribution in [-0.2, 0) is 55.8 Å². The van der Waals surface area contributed by atoms with Crippen LogP contribution < -0.4 is 10.7 Å². The minimum atomic E-state index is -2.43. The van der Waals surface area contributed by atoms with E-state index in [0.29, 0.717) is 82.9 Å². The van der Waals surface area contributed by atoms with Gasteiger partial charge in [0.1, 0.15) is 22.7 Å². The van der Waals surface area contributed by atoms with Gasteiger partial charge in [0.2, 0.25) is 0 Å². The Morgan fingerprint density at radius 3 is 2.50 bits per heavy atom. The minimum Gasteiger partial charge on any atom is -0.464 e. The molecule has 0 unspecified atom stereocenters. The van der Waals surface area contributed by atoms with E-state index in [1.54, 1.807) is 7.11 Å². The van der Waals surface area contributed by atoms with Crippen LogP contribution >= 0.6 is 11.3 Å². The van der Waals surface area contributed by atoms with E-state index in [1.807, 2.05) is 12.3 Å². The number of nitrogens with zero attached hydrogens (tertiary/aromatic N) is 6. The summed E-state index contributed by atoms with van der Waals surface area (Å²) in [5.74, 6) is -1.05. The van der Waals surface area contributed by atoms with Crippen molar-refractivity contribution in [1.29, 1.82) is 0 Å². The van der Waals surface area contributed by atoms with Crippen molar-refractivity contribution in [3.63, 3.8) is 0 Å². The molecule has 4 aromatic rings. The Balaban J connectivity index is 0.942. The third-order valence-corrected chi connectivity index (χ3v) is 19.9. The van der Waals surface area contributed by atoms with Gasteiger partial charge in [-0.1, -0.05) is 26.8 Å². The summed E-state index contributed by atoms with van der Waals surface area (Å²) in [4.78, 5) is 60.5. The number of cyclic esters (lactones) is 1. The molecule has 2 saturated carbocycles. The number of pyridine rings is 1. The highest BCUT2D eigenvalue weighted by Gasteiger charge is 2.68. The maximum absolute atomic E-state index is 15.5. The van der Waals surface area contributed by atoms with Gasteiger partial charge in [-0.15, -0.1) is 11.3 Å². The fourth-order valence-corrected chi connectivity index (χ4v) is 15.3. The van der Waals surface area contributed by atoms with Gasteiger partial charge in [-0.05, 0) is 133 Å². The zero-order valence-electron chi connectivity index (χ0n) is 49.1. The SMILES string of the molecule is [2H]C([2H])([2H])[C@H]1OC2(C(=O)N[C@@H]3C(=O)N4CCC[C@H](N4)C(=O)OCC(C)(C)Cc4c(-c5cc(C6CCN(C7CC7)CC6)cnc5[C@H](C)OC)n(CCOC5CCOCC5)c5ccc(cc45)-c4csc(n4)[C@H]3N3CC4(COC4)C3)CC1(C)C2. The third kappa shape index (κ3) is 9.73. The maximum atomic E-state index is 15.5. The molecular formula is C60H80N8O9S. The van der Waals surface area contributed by atoms with E-state index < -0.39 is 65.3 Å². The number of carbonyl (C=O) groups is 3. The highest BCUT2D eigenvalue weighted by Crippen LogP contribution is 2.61. The number of amides is 2. The first kappa shape index (κ1) is 49.4. The van der Waals surface area contributed by atoms with Crippen molar-refractivity contribution < 1.29 is 46.9 Å². The topological polar surface area (TPSA) is 171 Å². The van der Waals surface area contributed by atoms with Crippen LogP contribution in [0, 0.1) is 16.2 Å². The van der Waals surface area contributed by atoms with Gasteiger partial charge in [0, 0.05) is 107 Å². The molecule has 2 aliphatic carbocycles. The van der Waals surface area contributed by atoms with Crippen LogP contribution in [-0.4, -0.2) is 163 Å². The summed E-state index contributed by atoms with van der Waals surface area (Å²) in [5, 5.41) is 8.38. The summed E-state index contributed by atoms with van der Waals surface area (Å²) in [6.45, 7) is 13.2. The highest BCUT2D eigenvalue weighted by atomic mass is 32.1. The van der Waals surface area contributed by atoms with Crippen LogP contribution in [0.2, 0.25) is 0 Å². The number of esters is 1. The summed E-state index contributed by atoms with van der Waals surface area (Å²) in [5.41, 5.74) is 8.40. The molecule has 18 heteroatoms. The number of nitrogens with one attached hydrogen (secondary N) is 2. The molecule has 1 spiro atoms.